The van der Waals surface area contributed by atoms with Gasteiger partial charge < -0.3 is 15.0 Å². The molecular formula is C17H22N2O2. The maximum absolute atomic E-state index is 12.1. The van der Waals surface area contributed by atoms with Gasteiger partial charge in [0.25, 0.3) is 0 Å². The van der Waals surface area contributed by atoms with Crippen molar-refractivity contribution in [1.29, 1.82) is 0 Å². The lowest BCUT2D eigenvalue weighted by atomic mass is 10.1. The molecule has 2 heterocycles. The molecule has 0 spiro atoms. The standard InChI is InChI=1S/C17H22N2O2/c20-14-6-4-10-19(12-14)17(21)9-3-5-13-11-18-16-8-2-1-7-15(13)16/h1-2,7-8,11,14,18,20H,3-6,9-10,12H2. The van der Waals surface area contributed by atoms with Gasteiger partial charge in [-0.2, -0.15) is 0 Å². The SMILES string of the molecule is O=C(CCCc1c[nH]c2ccccc12)N1CCCC(O)C1. The van der Waals surface area contributed by atoms with Crippen molar-refractivity contribution in [3.63, 3.8) is 0 Å². The van der Waals surface area contributed by atoms with Gasteiger partial charge in [-0.25, -0.2) is 0 Å². The molecule has 21 heavy (non-hydrogen) atoms. The van der Waals surface area contributed by atoms with Crippen LogP contribution in [0.15, 0.2) is 30.5 Å². The van der Waals surface area contributed by atoms with E-state index in [1.165, 1.54) is 10.9 Å². The fourth-order valence-electron chi connectivity index (χ4n) is 3.11. The molecule has 0 bridgehead atoms. The van der Waals surface area contributed by atoms with Gasteiger partial charge in [-0.1, -0.05) is 18.2 Å². The van der Waals surface area contributed by atoms with Crippen molar-refractivity contribution in [2.75, 3.05) is 13.1 Å². The number of benzene rings is 1. The first kappa shape index (κ1) is 14.1. The van der Waals surface area contributed by atoms with Crippen molar-refractivity contribution in [3.8, 4) is 0 Å². The number of rotatable bonds is 4. The zero-order valence-electron chi connectivity index (χ0n) is 12.2. The monoisotopic (exact) mass is 286 g/mol. The van der Waals surface area contributed by atoms with Gasteiger partial charge in [-0.05, 0) is 37.3 Å². The number of carbonyl (C=O) groups excluding carboxylic acids is 1. The van der Waals surface area contributed by atoms with Gasteiger partial charge in [-0.3, -0.25) is 4.79 Å². The third kappa shape index (κ3) is 3.27. The van der Waals surface area contributed by atoms with Crippen molar-refractivity contribution in [2.24, 2.45) is 0 Å². The van der Waals surface area contributed by atoms with E-state index in [0.29, 0.717) is 13.0 Å². The fourth-order valence-corrected chi connectivity index (χ4v) is 3.11. The van der Waals surface area contributed by atoms with E-state index in [0.717, 1.165) is 37.7 Å². The topological polar surface area (TPSA) is 56.3 Å². The molecule has 2 aromatic rings. The number of aliphatic hydroxyl groups excluding tert-OH is 1. The molecule has 3 rings (SSSR count). The van der Waals surface area contributed by atoms with Crippen LogP contribution in [-0.2, 0) is 11.2 Å². The van der Waals surface area contributed by atoms with Crippen molar-refractivity contribution < 1.29 is 9.90 Å². The first-order valence-electron chi connectivity index (χ1n) is 7.75. The van der Waals surface area contributed by atoms with Crippen LogP contribution in [0, 0.1) is 0 Å². The van der Waals surface area contributed by atoms with Crippen molar-refractivity contribution >= 4 is 16.8 Å². The van der Waals surface area contributed by atoms with Crippen LogP contribution in [0.1, 0.15) is 31.2 Å². The number of aromatic nitrogens is 1. The van der Waals surface area contributed by atoms with Crippen LogP contribution in [0.4, 0.5) is 0 Å². The van der Waals surface area contributed by atoms with E-state index in [1.807, 2.05) is 23.2 Å². The molecule has 0 radical (unpaired) electrons. The minimum Gasteiger partial charge on any atom is -0.391 e. The molecule has 2 N–H and O–H groups in total. The molecular weight excluding hydrogens is 264 g/mol. The number of fused-ring (bicyclic) bond motifs is 1. The Morgan fingerprint density at radius 1 is 1.38 bits per heavy atom. The van der Waals surface area contributed by atoms with Crippen molar-refractivity contribution in [2.45, 2.75) is 38.2 Å². The number of para-hydroxylation sites is 1. The number of nitrogens with one attached hydrogen (secondary N) is 1. The highest BCUT2D eigenvalue weighted by Gasteiger charge is 2.21. The Hall–Kier alpha value is -1.81. The molecule has 0 aliphatic carbocycles. The van der Waals surface area contributed by atoms with E-state index in [-0.39, 0.29) is 12.0 Å². The summed E-state index contributed by atoms with van der Waals surface area (Å²) >= 11 is 0. The van der Waals surface area contributed by atoms with Crippen LogP contribution in [0.25, 0.3) is 10.9 Å². The Morgan fingerprint density at radius 3 is 3.10 bits per heavy atom. The van der Waals surface area contributed by atoms with Crippen LogP contribution in [-0.4, -0.2) is 40.1 Å². The van der Waals surface area contributed by atoms with Crippen LogP contribution in [0.5, 0.6) is 0 Å². The maximum atomic E-state index is 12.1. The number of β-amino-alcohol motifs (C(OH)–C–C–N with tert-alkyl or cyclic N) is 1. The van der Waals surface area contributed by atoms with E-state index in [2.05, 4.69) is 17.1 Å². The number of likely N-dealkylation sites (tertiary alicyclic amines) is 1. The van der Waals surface area contributed by atoms with E-state index < -0.39 is 0 Å². The summed E-state index contributed by atoms with van der Waals surface area (Å²) < 4.78 is 0. The quantitative estimate of drug-likeness (QED) is 0.907. The van der Waals surface area contributed by atoms with Gasteiger partial charge in [0.05, 0.1) is 6.10 Å². The van der Waals surface area contributed by atoms with Crippen LogP contribution in [0.2, 0.25) is 0 Å². The third-order valence-electron chi connectivity index (χ3n) is 4.26. The second-order valence-corrected chi connectivity index (χ2v) is 5.85. The number of piperidine rings is 1. The zero-order valence-corrected chi connectivity index (χ0v) is 12.2. The number of nitrogens with zero attached hydrogens (tertiary/aromatic N) is 1. The fraction of sp³-hybridized carbons (Fsp3) is 0.471. The Balaban J connectivity index is 1.52. The zero-order chi connectivity index (χ0) is 14.7. The summed E-state index contributed by atoms with van der Waals surface area (Å²) in [7, 11) is 0. The molecule has 112 valence electrons. The molecule has 1 aromatic carbocycles. The third-order valence-corrected chi connectivity index (χ3v) is 4.26. The lowest BCUT2D eigenvalue weighted by Crippen LogP contribution is -2.42. The maximum Gasteiger partial charge on any atom is 0.222 e. The average molecular weight is 286 g/mol. The average Bonchev–Trinajstić information content (AvgIpc) is 2.91. The summed E-state index contributed by atoms with van der Waals surface area (Å²) in [5.41, 5.74) is 2.43. The van der Waals surface area contributed by atoms with Crippen molar-refractivity contribution in [3.05, 3.63) is 36.0 Å². The predicted octanol–water partition coefficient (Wildman–Crippen LogP) is 2.47. The van der Waals surface area contributed by atoms with E-state index >= 15 is 0 Å². The Morgan fingerprint density at radius 2 is 2.24 bits per heavy atom. The normalized spacial score (nSPS) is 19.1. The molecule has 0 saturated carbocycles. The van der Waals surface area contributed by atoms with Gasteiger partial charge in [-0.15, -0.1) is 0 Å². The summed E-state index contributed by atoms with van der Waals surface area (Å²) in [4.78, 5) is 17.2. The van der Waals surface area contributed by atoms with E-state index in [4.69, 9.17) is 0 Å². The summed E-state index contributed by atoms with van der Waals surface area (Å²) in [6.07, 6.45) is 5.76. The molecule has 4 nitrogen and oxygen atoms in total. The molecule has 4 heteroatoms. The number of hydrogen-bond donors (Lipinski definition) is 2. The van der Waals surface area contributed by atoms with Gasteiger partial charge in [0.1, 0.15) is 0 Å². The Labute approximate surface area is 124 Å². The number of aryl methyl sites for hydroxylation is 1. The lowest BCUT2D eigenvalue weighted by Gasteiger charge is -2.30. The first-order valence-corrected chi connectivity index (χ1v) is 7.75. The second-order valence-electron chi connectivity index (χ2n) is 5.85. The van der Waals surface area contributed by atoms with Gasteiger partial charge in [0.15, 0.2) is 0 Å². The summed E-state index contributed by atoms with van der Waals surface area (Å²) in [6, 6.07) is 8.25. The van der Waals surface area contributed by atoms with Crippen LogP contribution in [0.3, 0.4) is 0 Å². The molecule has 1 amide bonds. The number of hydrogen-bond acceptors (Lipinski definition) is 2. The molecule has 1 aliphatic rings. The van der Waals surface area contributed by atoms with Gasteiger partial charge in [0.2, 0.25) is 5.91 Å². The highest BCUT2D eigenvalue weighted by Crippen LogP contribution is 2.20. The van der Waals surface area contributed by atoms with Gasteiger partial charge >= 0.3 is 0 Å². The number of aliphatic hydroxyl groups is 1. The minimum atomic E-state index is -0.337. The van der Waals surface area contributed by atoms with E-state index in [9.17, 15) is 9.90 Å². The van der Waals surface area contributed by atoms with Gasteiger partial charge in [0, 0.05) is 36.6 Å². The number of carbonyl (C=O) groups is 1. The summed E-state index contributed by atoms with van der Waals surface area (Å²) in [6.45, 7) is 1.30. The van der Waals surface area contributed by atoms with Crippen molar-refractivity contribution in [1.82, 2.24) is 9.88 Å². The number of aromatic amines is 1. The Bertz CT molecular complexity index is 620. The largest absolute Gasteiger partial charge is 0.391 e. The smallest absolute Gasteiger partial charge is 0.222 e. The summed E-state index contributed by atoms with van der Waals surface area (Å²) in [5.74, 6) is 0.175. The van der Waals surface area contributed by atoms with Crippen LogP contribution < -0.4 is 0 Å². The first-order chi connectivity index (χ1) is 10.2. The van der Waals surface area contributed by atoms with Crippen LogP contribution >= 0.6 is 0 Å². The molecule has 1 fully saturated rings. The predicted molar refractivity (Wildman–Crippen MR) is 83.1 cm³/mol. The highest BCUT2D eigenvalue weighted by molar-refractivity contribution is 5.83. The lowest BCUT2D eigenvalue weighted by molar-refractivity contribution is -0.134. The number of amides is 1. The molecule has 1 unspecified atom stereocenters. The second kappa shape index (κ2) is 6.31. The van der Waals surface area contributed by atoms with E-state index in [1.54, 1.807) is 0 Å². The molecule has 1 saturated heterocycles. The highest BCUT2D eigenvalue weighted by atomic mass is 16.3. The summed E-state index contributed by atoms with van der Waals surface area (Å²) in [5, 5.41) is 10.9. The minimum absolute atomic E-state index is 0.175. The Kier molecular flexibility index (Phi) is 4.25. The molecule has 1 aliphatic heterocycles. The molecule has 1 aromatic heterocycles. The molecule has 1 atom stereocenters. The number of H-pyrrole nitrogens is 1.